The molecule has 1 atom stereocenters. The molecule has 2 aromatic rings. The van der Waals surface area contributed by atoms with Gasteiger partial charge in [0.2, 0.25) is 10.0 Å². The first kappa shape index (κ1) is 16.5. The SMILES string of the molecule is COc1ccccc1-c1ccc([C@H](C)N(C)S(C)(=O)=O)cc1. The van der Waals surface area contributed by atoms with Crippen LogP contribution in [-0.4, -0.2) is 33.1 Å². The zero-order valence-corrected chi connectivity index (χ0v) is 14.1. The van der Waals surface area contributed by atoms with E-state index >= 15 is 0 Å². The monoisotopic (exact) mass is 319 g/mol. The Kier molecular flexibility index (Phi) is 4.88. The van der Waals surface area contributed by atoms with E-state index in [-0.39, 0.29) is 6.04 Å². The van der Waals surface area contributed by atoms with Crippen molar-refractivity contribution in [2.75, 3.05) is 20.4 Å². The van der Waals surface area contributed by atoms with Crippen LogP contribution >= 0.6 is 0 Å². The molecule has 118 valence electrons. The minimum Gasteiger partial charge on any atom is -0.496 e. The summed E-state index contributed by atoms with van der Waals surface area (Å²) < 4.78 is 30.0. The number of nitrogens with zero attached hydrogens (tertiary/aromatic N) is 1. The zero-order chi connectivity index (χ0) is 16.3. The standard InChI is InChI=1S/C17H21NO3S/c1-13(18(2)22(4,19)20)14-9-11-15(12-10-14)16-7-5-6-8-17(16)21-3/h5-13H,1-4H3/t13-/m0/s1. The van der Waals surface area contributed by atoms with Gasteiger partial charge >= 0.3 is 0 Å². The van der Waals surface area contributed by atoms with Crippen molar-refractivity contribution >= 4 is 10.0 Å². The Bertz CT molecular complexity index is 739. The van der Waals surface area contributed by atoms with Crippen molar-refractivity contribution in [3.05, 3.63) is 54.1 Å². The summed E-state index contributed by atoms with van der Waals surface area (Å²) in [6, 6.07) is 15.5. The molecule has 0 bridgehead atoms. The van der Waals surface area contributed by atoms with Crippen molar-refractivity contribution in [1.29, 1.82) is 0 Å². The van der Waals surface area contributed by atoms with Gasteiger partial charge < -0.3 is 4.74 Å². The molecule has 0 N–H and O–H groups in total. The molecule has 2 rings (SSSR count). The predicted molar refractivity (Wildman–Crippen MR) is 89.5 cm³/mol. The molecule has 22 heavy (non-hydrogen) atoms. The van der Waals surface area contributed by atoms with Crippen LogP contribution in [0.2, 0.25) is 0 Å². The Labute approximate surface area is 132 Å². The molecule has 0 aliphatic rings. The summed E-state index contributed by atoms with van der Waals surface area (Å²) in [6.07, 6.45) is 1.21. The van der Waals surface area contributed by atoms with Crippen LogP contribution in [0.15, 0.2) is 48.5 Å². The van der Waals surface area contributed by atoms with Crippen LogP contribution in [0, 0.1) is 0 Å². The maximum atomic E-state index is 11.6. The first-order chi connectivity index (χ1) is 10.3. The molecule has 0 saturated heterocycles. The molecule has 4 nitrogen and oxygen atoms in total. The van der Waals surface area contributed by atoms with E-state index in [0.717, 1.165) is 22.4 Å². The van der Waals surface area contributed by atoms with Crippen molar-refractivity contribution < 1.29 is 13.2 Å². The highest BCUT2D eigenvalue weighted by Crippen LogP contribution is 2.31. The van der Waals surface area contributed by atoms with Gasteiger partial charge in [-0.15, -0.1) is 0 Å². The molecule has 2 aromatic carbocycles. The lowest BCUT2D eigenvalue weighted by molar-refractivity contribution is 0.402. The molecule has 0 aliphatic heterocycles. The first-order valence-electron chi connectivity index (χ1n) is 7.01. The van der Waals surface area contributed by atoms with Gasteiger partial charge in [-0.1, -0.05) is 42.5 Å². The molecule has 0 heterocycles. The average molecular weight is 319 g/mol. The minimum absolute atomic E-state index is 0.207. The van der Waals surface area contributed by atoms with Crippen molar-refractivity contribution in [2.24, 2.45) is 0 Å². The second-order valence-corrected chi connectivity index (χ2v) is 7.32. The van der Waals surface area contributed by atoms with E-state index in [2.05, 4.69) is 0 Å². The quantitative estimate of drug-likeness (QED) is 0.849. The fraction of sp³-hybridized carbons (Fsp3) is 0.294. The second-order valence-electron chi connectivity index (χ2n) is 5.28. The topological polar surface area (TPSA) is 46.6 Å². The maximum absolute atomic E-state index is 11.6. The Balaban J connectivity index is 2.31. The third-order valence-corrected chi connectivity index (χ3v) is 5.24. The molecule has 0 saturated carbocycles. The van der Waals surface area contributed by atoms with E-state index in [9.17, 15) is 8.42 Å². The fourth-order valence-corrected chi connectivity index (χ4v) is 3.02. The molecule has 0 unspecified atom stereocenters. The molecular formula is C17H21NO3S. The molecule has 0 spiro atoms. The number of hydrogen-bond donors (Lipinski definition) is 0. The van der Waals surface area contributed by atoms with E-state index in [0.29, 0.717) is 0 Å². The molecule has 0 aliphatic carbocycles. The Morgan fingerprint density at radius 2 is 1.64 bits per heavy atom. The molecule has 0 amide bonds. The normalized spacial score (nSPS) is 13.1. The van der Waals surface area contributed by atoms with E-state index in [4.69, 9.17) is 4.74 Å². The Hall–Kier alpha value is -1.85. The number of para-hydroxylation sites is 1. The lowest BCUT2D eigenvalue weighted by atomic mass is 10.0. The van der Waals surface area contributed by atoms with Crippen LogP contribution in [0.4, 0.5) is 0 Å². The van der Waals surface area contributed by atoms with Gasteiger partial charge in [-0.05, 0) is 24.1 Å². The van der Waals surface area contributed by atoms with E-state index in [1.165, 1.54) is 10.6 Å². The van der Waals surface area contributed by atoms with Gasteiger partial charge in [0.1, 0.15) is 5.75 Å². The second kappa shape index (κ2) is 6.50. The van der Waals surface area contributed by atoms with Gasteiger partial charge in [0.15, 0.2) is 0 Å². The third kappa shape index (κ3) is 3.48. The number of sulfonamides is 1. The highest BCUT2D eigenvalue weighted by molar-refractivity contribution is 7.88. The molecule has 0 aromatic heterocycles. The Morgan fingerprint density at radius 3 is 2.18 bits per heavy atom. The van der Waals surface area contributed by atoms with Crippen LogP contribution in [-0.2, 0) is 10.0 Å². The minimum atomic E-state index is -3.21. The summed E-state index contributed by atoms with van der Waals surface area (Å²) in [5.41, 5.74) is 3.00. The van der Waals surface area contributed by atoms with E-state index in [1.807, 2.05) is 55.5 Å². The summed E-state index contributed by atoms with van der Waals surface area (Å²) in [5.74, 6) is 0.816. The van der Waals surface area contributed by atoms with Crippen LogP contribution in [0.25, 0.3) is 11.1 Å². The number of methoxy groups -OCH3 is 1. The average Bonchev–Trinajstić information content (AvgIpc) is 2.52. The highest BCUT2D eigenvalue weighted by Gasteiger charge is 2.19. The summed E-state index contributed by atoms with van der Waals surface area (Å²) in [7, 11) is 0.0307. The molecular weight excluding hydrogens is 298 g/mol. The summed E-state index contributed by atoms with van der Waals surface area (Å²) >= 11 is 0. The van der Waals surface area contributed by atoms with Crippen LogP contribution < -0.4 is 4.74 Å². The Morgan fingerprint density at radius 1 is 1.05 bits per heavy atom. The molecule has 5 heteroatoms. The van der Waals surface area contributed by atoms with E-state index < -0.39 is 10.0 Å². The van der Waals surface area contributed by atoms with Gasteiger partial charge in [0.25, 0.3) is 0 Å². The largest absolute Gasteiger partial charge is 0.496 e. The number of ether oxygens (including phenoxy) is 1. The van der Waals surface area contributed by atoms with E-state index in [1.54, 1.807) is 14.2 Å². The molecule has 0 radical (unpaired) electrons. The number of benzene rings is 2. The van der Waals surface area contributed by atoms with Crippen LogP contribution in [0.5, 0.6) is 5.75 Å². The van der Waals surface area contributed by atoms with Crippen LogP contribution in [0.1, 0.15) is 18.5 Å². The van der Waals surface area contributed by atoms with Crippen molar-refractivity contribution in [3.8, 4) is 16.9 Å². The van der Waals surface area contributed by atoms with Gasteiger partial charge in [-0.3, -0.25) is 0 Å². The maximum Gasteiger partial charge on any atom is 0.211 e. The smallest absolute Gasteiger partial charge is 0.211 e. The summed E-state index contributed by atoms with van der Waals surface area (Å²) in [5, 5.41) is 0. The first-order valence-corrected chi connectivity index (χ1v) is 8.85. The molecule has 0 fully saturated rings. The van der Waals surface area contributed by atoms with Crippen LogP contribution in [0.3, 0.4) is 0 Å². The van der Waals surface area contributed by atoms with Gasteiger partial charge in [-0.25, -0.2) is 8.42 Å². The summed E-state index contributed by atoms with van der Waals surface area (Å²) in [6.45, 7) is 1.87. The lowest BCUT2D eigenvalue weighted by Crippen LogP contribution is -2.28. The number of hydrogen-bond acceptors (Lipinski definition) is 3. The van der Waals surface area contributed by atoms with Crippen molar-refractivity contribution in [1.82, 2.24) is 4.31 Å². The summed E-state index contributed by atoms with van der Waals surface area (Å²) in [4.78, 5) is 0. The van der Waals surface area contributed by atoms with Gasteiger partial charge in [0, 0.05) is 18.7 Å². The third-order valence-electron chi connectivity index (χ3n) is 3.88. The van der Waals surface area contributed by atoms with Gasteiger partial charge in [0.05, 0.1) is 13.4 Å². The zero-order valence-electron chi connectivity index (χ0n) is 13.3. The lowest BCUT2D eigenvalue weighted by Gasteiger charge is -2.23. The predicted octanol–water partition coefficient (Wildman–Crippen LogP) is 3.31. The van der Waals surface area contributed by atoms with Gasteiger partial charge in [-0.2, -0.15) is 4.31 Å². The highest BCUT2D eigenvalue weighted by atomic mass is 32.2. The number of rotatable bonds is 5. The van der Waals surface area contributed by atoms with Crippen molar-refractivity contribution in [3.63, 3.8) is 0 Å². The fourth-order valence-electron chi connectivity index (χ4n) is 2.32. The van der Waals surface area contributed by atoms with Crippen molar-refractivity contribution in [2.45, 2.75) is 13.0 Å².